The molecule has 5 nitrogen and oxygen atoms in total. The summed E-state index contributed by atoms with van der Waals surface area (Å²) in [6, 6.07) is 0.194. The Balaban J connectivity index is 2.30. The van der Waals surface area contributed by atoms with Gasteiger partial charge in [-0.3, -0.25) is 4.21 Å². The molecule has 0 bridgehead atoms. The van der Waals surface area contributed by atoms with E-state index in [9.17, 15) is 4.21 Å². The van der Waals surface area contributed by atoms with Crippen molar-refractivity contribution >= 4 is 10.8 Å². The monoisotopic (exact) mass is 217 g/mol. The van der Waals surface area contributed by atoms with Crippen LogP contribution in [-0.2, 0) is 17.3 Å². The van der Waals surface area contributed by atoms with Gasteiger partial charge in [-0.25, -0.2) is 0 Å². The van der Waals surface area contributed by atoms with E-state index < -0.39 is 10.8 Å². The van der Waals surface area contributed by atoms with Crippen LogP contribution in [0.3, 0.4) is 0 Å². The minimum Gasteiger partial charge on any atom is -0.340 e. The smallest absolute Gasteiger partial charge is 0.223 e. The van der Waals surface area contributed by atoms with Crippen molar-refractivity contribution in [1.82, 2.24) is 15.5 Å². The Morgan fingerprint density at radius 3 is 2.86 bits per heavy atom. The highest BCUT2D eigenvalue weighted by molar-refractivity contribution is 7.84. The third-order valence-electron chi connectivity index (χ3n) is 1.66. The second-order valence-corrected chi connectivity index (χ2v) is 4.73. The van der Waals surface area contributed by atoms with Crippen molar-refractivity contribution in [1.29, 1.82) is 0 Å². The molecule has 0 saturated heterocycles. The van der Waals surface area contributed by atoms with Crippen molar-refractivity contribution in [3.8, 4) is 0 Å². The molecule has 1 heterocycles. The SMILES string of the molecule is Cc1nc(CNC(C)CS(C)=O)no1. The summed E-state index contributed by atoms with van der Waals surface area (Å²) in [5, 5.41) is 6.91. The third kappa shape index (κ3) is 3.97. The van der Waals surface area contributed by atoms with Crippen LogP contribution in [0.25, 0.3) is 0 Å². The highest BCUT2D eigenvalue weighted by Gasteiger charge is 2.06. The molecule has 1 rings (SSSR count). The lowest BCUT2D eigenvalue weighted by atomic mass is 10.4. The fourth-order valence-electron chi connectivity index (χ4n) is 1.09. The molecule has 14 heavy (non-hydrogen) atoms. The van der Waals surface area contributed by atoms with Gasteiger partial charge < -0.3 is 9.84 Å². The minimum absolute atomic E-state index is 0.194. The molecule has 0 aliphatic rings. The van der Waals surface area contributed by atoms with Crippen LogP contribution in [0.1, 0.15) is 18.6 Å². The lowest BCUT2D eigenvalue weighted by Gasteiger charge is -2.09. The standard InChI is InChI=1S/C8H15N3O2S/c1-6(5-14(3)12)9-4-8-10-7(2)13-11-8/h6,9H,4-5H2,1-3H3. The fourth-order valence-corrected chi connectivity index (χ4v) is 1.91. The summed E-state index contributed by atoms with van der Waals surface area (Å²) in [6.45, 7) is 4.28. The molecule has 80 valence electrons. The molecule has 2 unspecified atom stereocenters. The molecule has 1 N–H and O–H groups in total. The van der Waals surface area contributed by atoms with Crippen LogP contribution in [0.4, 0.5) is 0 Å². The predicted molar refractivity (Wildman–Crippen MR) is 54.3 cm³/mol. The molecule has 0 aliphatic carbocycles. The van der Waals surface area contributed by atoms with Crippen molar-refractivity contribution in [2.45, 2.75) is 26.4 Å². The molecule has 0 aromatic carbocycles. The first-order valence-corrected chi connectivity index (χ1v) is 6.13. The molecule has 1 aromatic heterocycles. The zero-order valence-corrected chi connectivity index (χ0v) is 9.43. The highest BCUT2D eigenvalue weighted by Crippen LogP contribution is 1.95. The van der Waals surface area contributed by atoms with E-state index in [1.54, 1.807) is 13.2 Å². The zero-order valence-electron chi connectivity index (χ0n) is 8.61. The van der Waals surface area contributed by atoms with Crippen molar-refractivity contribution in [2.24, 2.45) is 0 Å². The largest absolute Gasteiger partial charge is 0.340 e. The predicted octanol–water partition coefficient (Wildman–Crippen LogP) is 0.235. The summed E-state index contributed by atoms with van der Waals surface area (Å²) in [7, 11) is -0.775. The molecule has 1 aromatic rings. The Bertz CT molecular complexity index is 313. The van der Waals surface area contributed by atoms with Crippen LogP contribution >= 0.6 is 0 Å². The van der Waals surface area contributed by atoms with Gasteiger partial charge in [0, 0.05) is 35.8 Å². The van der Waals surface area contributed by atoms with E-state index in [4.69, 9.17) is 4.52 Å². The number of hydrogen-bond acceptors (Lipinski definition) is 5. The number of rotatable bonds is 5. The minimum atomic E-state index is -0.775. The second-order valence-electron chi connectivity index (χ2n) is 3.25. The van der Waals surface area contributed by atoms with Gasteiger partial charge in [0.15, 0.2) is 5.82 Å². The third-order valence-corrected chi connectivity index (χ3v) is 2.63. The van der Waals surface area contributed by atoms with Gasteiger partial charge in [0.2, 0.25) is 5.89 Å². The number of nitrogens with one attached hydrogen (secondary N) is 1. The lowest BCUT2D eigenvalue weighted by molar-refractivity contribution is 0.384. The van der Waals surface area contributed by atoms with Gasteiger partial charge in [0.05, 0.1) is 6.54 Å². The van der Waals surface area contributed by atoms with E-state index in [2.05, 4.69) is 15.5 Å². The van der Waals surface area contributed by atoms with Gasteiger partial charge in [-0.2, -0.15) is 4.98 Å². The molecule has 0 fully saturated rings. The Morgan fingerprint density at radius 1 is 1.64 bits per heavy atom. The van der Waals surface area contributed by atoms with Gasteiger partial charge in [-0.15, -0.1) is 0 Å². The highest BCUT2D eigenvalue weighted by atomic mass is 32.2. The van der Waals surface area contributed by atoms with Gasteiger partial charge in [0.1, 0.15) is 0 Å². The molecule has 0 radical (unpaired) electrons. The van der Waals surface area contributed by atoms with Crippen molar-refractivity contribution in [3.63, 3.8) is 0 Å². The molecular weight excluding hydrogens is 202 g/mol. The molecule has 0 saturated carbocycles. The maximum Gasteiger partial charge on any atom is 0.223 e. The second kappa shape index (κ2) is 5.21. The van der Waals surface area contributed by atoms with E-state index in [1.165, 1.54) is 0 Å². The van der Waals surface area contributed by atoms with E-state index in [-0.39, 0.29) is 6.04 Å². The van der Waals surface area contributed by atoms with Crippen LogP contribution in [0, 0.1) is 6.92 Å². The number of nitrogens with zero attached hydrogens (tertiary/aromatic N) is 2. The first-order chi connectivity index (χ1) is 6.58. The average molecular weight is 217 g/mol. The number of aryl methyl sites for hydroxylation is 1. The Morgan fingerprint density at radius 2 is 2.36 bits per heavy atom. The van der Waals surface area contributed by atoms with Crippen molar-refractivity contribution in [3.05, 3.63) is 11.7 Å². The number of hydrogen-bond donors (Lipinski definition) is 1. The van der Waals surface area contributed by atoms with Crippen LogP contribution < -0.4 is 5.32 Å². The summed E-state index contributed by atoms with van der Waals surface area (Å²) in [5.41, 5.74) is 0. The maximum absolute atomic E-state index is 10.9. The molecule has 0 amide bonds. The summed E-state index contributed by atoms with van der Waals surface area (Å²) < 4.78 is 15.7. The summed E-state index contributed by atoms with van der Waals surface area (Å²) in [5.74, 6) is 1.83. The van der Waals surface area contributed by atoms with Gasteiger partial charge in [-0.1, -0.05) is 5.16 Å². The van der Waals surface area contributed by atoms with Crippen LogP contribution in [0.5, 0.6) is 0 Å². The van der Waals surface area contributed by atoms with Gasteiger partial charge in [-0.05, 0) is 6.92 Å². The van der Waals surface area contributed by atoms with E-state index in [0.717, 1.165) is 0 Å². The van der Waals surface area contributed by atoms with Crippen LogP contribution in [0.2, 0.25) is 0 Å². The van der Waals surface area contributed by atoms with Crippen LogP contribution in [0.15, 0.2) is 4.52 Å². The lowest BCUT2D eigenvalue weighted by Crippen LogP contribution is -2.30. The van der Waals surface area contributed by atoms with Crippen LogP contribution in [-0.4, -0.2) is 32.4 Å². The number of aromatic nitrogens is 2. The Labute approximate surface area is 85.7 Å². The molecular formula is C8H15N3O2S. The molecule has 0 aliphatic heterocycles. The normalized spacial score (nSPS) is 15.4. The molecule has 6 heteroatoms. The van der Waals surface area contributed by atoms with E-state index in [0.29, 0.717) is 24.0 Å². The quantitative estimate of drug-likeness (QED) is 0.765. The van der Waals surface area contributed by atoms with E-state index >= 15 is 0 Å². The topological polar surface area (TPSA) is 68.0 Å². The first kappa shape index (κ1) is 11.3. The van der Waals surface area contributed by atoms with Crippen molar-refractivity contribution < 1.29 is 8.73 Å². The summed E-state index contributed by atoms with van der Waals surface area (Å²) in [6.07, 6.45) is 1.69. The first-order valence-electron chi connectivity index (χ1n) is 4.40. The van der Waals surface area contributed by atoms with Gasteiger partial charge in [0.25, 0.3) is 0 Å². The Kier molecular flexibility index (Phi) is 4.21. The zero-order chi connectivity index (χ0) is 10.6. The summed E-state index contributed by atoms with van der Waals surface area (Å²) >= 11 is 0. The Hall–Kier alpha value is -0.750. The molecule has 0 spiro atoms. The fraction of sp³-hybridized carbons (Fsp3) is 0.750. The molecule has 2 atom stereocenters. The average Bonchev–Trinajstić information content (AvgIpc) is 2.47. The maximum atomic E-state index is 10.9. The van der Waals surface area contributed by atoms with Gasteiger partial charge >= 0.3 is 0 Å². The van der Waals surface area contributed by atoms with E-state index in [1.807, 2.05) is 6.92 Å². The van der Waals surface area contributed by atoms with Crippen molar-refractivity contribution in [2.75, 3.05) is 12.0 Å². The summed E-state index contributed by atoms with van der Waals surface area (Å²) in [4.78, 5) is 4.05.